The number of para-hydroxylation sites is 2. The van der Waals surface area contributed by atoms with Crippen molar-refractivity contribution in [1.29, 1.82) is 0 Å². The average Bonchev–Trinajstić information content (AvgIpc) is 3.75. The molecule has 0 atom stereocenters. The van der Waals surface area contributed by atoms with Gasteiger partial charge in [0.15, 0.2) is 0 Å². The van der Waals surface area contributed by atoms with Crippen LogP contribution in [0.15, 0.2) is 83.7 Å². The Hall–Kier alpha value is -5.26. The number of H-pyrrole nitrogens is 1. The van der Waals surface area contributed by atoms with E-state index in [2.05, 4.69) is 17.1 Å². The van der Waals surface area contributed by atoms with Crippen molar-refractivity contribution in [3.8, 4) is 5.69 Å². The molecule has 0 spiro atoms. The van der Waals surface area contributed by atoms with Gasteiger partial charge in [-0.2, -0.15) is 0 Å². The van der Waals surface area contributed by atoms with E-state index >= 15 is 0 Å². The fourth-order valence-electron chi connectivity index (χ4n) is 7.35. The van der Waals surface area contributed by atoms with E-state index in [0.29, 0.717) is 54.6 Å². The highest BCUT2D eigenvalue weighted by atomic mass is 16.5. The molecule has 0 bridgehead atoms. The number of rotatable bonds is 7. The van der Waals surface area contributed by atoms with Gasteiger partial charge in [0.2, 0.25) is 5.95 Å². The van der Waals surface area contributed by atoms with E-state index in [-0.39, 0.29) is 36.6 Å². The molecule has 2 fully saturated rings. The number of hydrogen-bond donors (Lipinski definition) is 1. The van der Waals surface area contributed by atoms with E-state index in [1.165, 1.54) is 5.56 Å². The summed E-state index contributed by atoms with van der Waals surface area (Å²) in [6.07, 6.45) is 2.34. The van der Waals surface area contributed by atoms with Crippen molar-refractivity contribution in [2.45, 2.75) is 38.3 Å². The molecule has 3 aliphatic heterocycles. The van der Waals surface area contributed by atoms with Crippen LogP contribution in [0.1, 0.15) is 51.6 Å². The fourth-order valence-corrected chi connectivity index (χ4v) is 7.35. The van der Waals surface area contributed by atoms with Gasteiger partial charge in [-0.15, -0.1) is 0 Å². The van der Waals surface area contributed by atoms with Crippen molar-refractivity contribution in [3.63, 3.8) is 0 Å². The number of aromatic amines is 1. The monoisotopic (exact) mass is 658 g/mol. The first kappa shape index (κ1) is 31.0. The third kappa shape index (κ3) is 5.68. The molecule has 11 heteroatoms. The summed E-state index contributed by atoms with van der Waals surface area (Å²) in [5.74, 6) is 0.537. The van der Waals surface area contributed by atoms with Crippen LogP contribution in [0.5, 0.6) is 0 Å². The number of fused-ring (bicyclic) bond motifs is 2. The molecule has 2 saturated heterocycles. The zero-order valence-corrected chi connectivity index (χ0v) is 27.4. The van der Waals surface area contributed by atoms with Crippen molar-refractivity contribution in [2.24, 2.45) is 0 Å². The Labute approximate surface area is 283 Å². The van der Waals surface area contributed by atoms with Gasteiger partial charge in [-0.25, -0.2) is 14.3 Å². The van der Waals surface area contributed by atoms with Crippen LogP contribution < -0.4 is 15.4 Å². The molecule has 0 aliphatic carbocycles. The van der Waals surface area contributed by atoms with Crippen LogP contribution in [0.3, 0.4) is 0 Å². The second kappa shape index (κ2) is 13.0. The molecule has 11 nitrogen and oxygen atoms in total. The Balaban J connectivity index is 1.14. The predicted molar refractivity (Wildman–Crippen MR) is 187 cm³/mol. The van der Waals surface area contributed by atoms with Crippen molar-refractivity contribution in [1.82, 2.24) is 19.4 Å². The number of nitrogens with zero attached hydrogens (tertiary/aromatic N) is 5. The number of hydrogen-bond acceptors (Lipinski definition) is 6. The first-order valence-corrected chi connectivity index (χ1v) is 16.9. The van der Waals surface area contributed by atoms with Gasteiger partial charge < -0.3 is 19.4 Å². The van der Waals surface area contributed by atoms with E-state index in [9.17, 15) is 14.4 Å². The van der Waals surface area contributed by atoms with E-state index in [1.54, 1.807) is 26.4 Å². The number of amides is 3. The molecule has 0 saturated carbocycles. The number of benzene rings is 3. The van der Waals surface area contributed by atoms with Crippen LogP contribution in [-0.4, -0.2) is 71.3 Å². The van der Waals surface area contributed by atoms with Gasteiger partial charge in [-0.05, 0) is 67.1 Å². The number of carbonyl (C=O) groups is 2. The number of ether oxygens (including phenoxy) is 2. The van der Waals surface area contributed by atoms with Crippen molar-refractivity contribution in [2.75, 3.05) is 49.8 Å². The second-order valence-electron chi connectivity index (χ2n) is 12.9. The smallest absolute Gasteiger partial charge is 0.331 e. The minimum atomic E-state index is -0.266. The van der Waals surface area contributed by atoms with Crippen LogP contribution in [0.25, 0.3) is 16.6 Å². The quantitative estimate of drug-likeness (QED) is 0.251. The summed E-state index contributed by atoms with van der Waals surface area (Å²) in [7, 11) is 1.61. The van der Waals surface area contributed by atoms with E-state index in [0.717, 1.165) is 48.2 Å². The summed E-state index contributed by atoms with van der Waals surface area (Å²) in [5.41, 5.74) is 5.67. The molecule has 3 aliphatic rings. The summed E-state index contributed by atoms with van der Waals surface area (Å²) in [6, 6.07) is 25.0. The van der Waals surface area contributed by atoms with Gasteiger partial charge in [-0.3, -0.25) is 19.4 Å². The molecule has 250 valence electrons. The Morgan fingerprint density at radius 2 is 1.71 bits per heavy atom. The Morgan fingerprint density at radius 3 is 2.53 bits per heavy atom. The zero-order chi connectivity index (χ0) is 33.5. The topological polar surface area (TPSA) is 113 Å². The SMILES string of the molecule is COCc1ccccc1-n1c(N2CCN(c3ccccc3)C2=O)nc2c(c1=O)CCN(C(=O)c1cc3cc(C4CCOCC4)ccc3[nH]1)C2. The minimum absolute atomic E-state index is 0.153. The van der Waals surface area contributed by atoms with Gasteiger partial charge in [0.05, 0.1) is 24.5 Å². The van der Waals surface area contributed by atoms with Gasteiger partial charge in [0, 0.05) is 67.7 Å². The highest BCUT2D eigenvalue weighted by molar-refractivity contribution is 6.05. The zero-order valence-electron chi connectivity index (χ0n) is 27.4. The molecule has 5 heterocycles. The Kier molecular flexibility index (Phi) is 8.22. The Morgan fingerprint density at radius 1 is 0.939 bits per heavy atom. The molecule has 1 N–H and O–H groups in total. The number of aromatic nitrogens is 3. The van der Waals surface area contributed by atoms with Gasteiger partial charge in [0.1, 0.15) is 5.69 Å². The van der Waals surface area contributed by atoms with Crippen LogP contribution >= 0.6 is 0 Å². The van der Waals surface area contributed by atoms with Gasteiger partial charge >= 0.3 is 6.03 Å². The lowest BCUT2D eigenvalue weighted by Crippen LogP contribution is -2.43. The molecule has 0 unspecified atom stereocenters. The number of anilines is 2. The predicted octanol–water partition coefficient (Wildman–Crippen LogP) is 5.40. The molecule has 0 radical (unpaired) electrons. The maximum atomic E-state index is 14.4. The maximum Gasteiger partial charge on any atom is 0.331 e. The molecule has 3 aromatic carbocycles. The summed E-state index contributed by atoms with van der Waals surface area (Å²) in [5, 5.41) is 0.998. The van der Waals surface area contributed by atoms with Gasteiger partial charge in [0.25, 0.3) is 11.5 Å². The van der Waals surface area contributed by atoms with E-state index < -0.39 is 0 Å². The molecule has 8 rings (SSSR count). The van der Waals surface area contributed by atoms with Crippen molar-refractivity contribution >= 4 is 34.5 Å². The molecular weight excluding hydrogens is 620 g/mol. The molecule has 2 aromatic heterocycles. The van der Waals surface area contributed by atoms with Crippen LogP contribution in [-0.2, 0) is 29.0 Å². The summed E-state index contributed by atoms with van der Waals surface area (Å²) in [4.78, 5) is 55.7. The normalized spacial score (nSPS) is 16.8. The van der Waals surface area contributed by atoms with E-state index in [4.69, 9.17) is 14.5 Å². The number of carbonyl (C=O) groups excluding carboxylic acids is 2. The lowest BCUT2D eigenvalue weighted by Gasteiger charge is -2.30. The summed E-state index contributed by atoms with van der Waals surface area (Å²) >= 11 is 0. The van der Waals surface area contributed by atoms with Crippen molar-refractivity contribution in [3.05, 3.63) is 117 Å². The molecule has 49 heavy (non-hydrogen) atoms. The summed E-state index contributed by atoms with van der Waals surface area (Å²) in [6.45, 7) is 3.14. The maximum absolute atomic E-state index is 14.4. The van der Waals surface area contributed by atoms with Crippen molar-refractivity contribution < 1.29 is 19.1 Å². The highest BCUT2D eigenvalue weighted by Gasteiger charge is 2.36. The number of methoxy groups -OCH3 is 1. The number of nitrogens with one attached hydrogen (secondary N) is 1. The standard InChI is InChI=1S/C38H38N6O5/c1-48-24-27-7-5-6-10-34(27)44-35(45)30-13-16-41(23-33(30)40-37(44)43-18-17-42(38(43)47)29-8-3-2-4-9-29)36(46)32-22-28-21-26(11-12-31(28)39-32)25-14-19-49-20-15-25/h2-12,21-22,25,39H,13-20,23-24H2,1H3. The molecule has 5 aromatic rings. The first-order chi connectivity index (χ1) is 24.0. The second-order valence-corrected chi connectivity index (χ2v) is 12.9. The highest BCUT2D eigenvalue weighted by Crippen LogP contribution is 2.31. The number of urea groups is 1. The lowest BCUT2D eigenvalue weighted by molar-refractivity contribution is 0.0726. The van der Waals surface area contributed by atoms with Crippen LogP contribution in [0.4, 0.5) is 16.4 Å². The van der Waals surface area contributed by atoms with E-state index in [1.807, 2.05) is 66.7 Å². The lowest BCUT2D eigenvalue weighted by atomic mass is 9.91. The molecular formula is C38H38N6O5. The Bertz CT molecular complexity index is 2100. The largest absolute Gasteiger partial charge is 0.381 e. The minimum Gasteiger partial charge on any atom is -0.381 e. The third-order valence-corrected chi connectivity index (χ3v) is 9.92. The third-order valence-electron chi connectivity index (χ3n) is 9.92. The molecule has 3 amide bonds. The first-order valence-electron chi connectivity index (χ1n) is 16.9. The van der Waals surface area contributed by atoms with Crippen LogP contribution in [0.2, 0.25) is 0 Å². The summed E-state index contributed by atoms with van der Waals surface area (Å²) < 4.78 is 12.6. The van der Waals surface area contributed by atoms with Gasteiger partial charge in [-0.1, -0.05) is 42.5 Å². The average molecular weight is 659 g/mol. The van der Waals surface area contributed by atoms with Crippen LogP contribution in [0, 0.1) is 0 Å². The fraction of sp³-hybridized carbons (Fsp3) is 0.316.